The number of alkyl halides is 3. The molecule has 0 unspecified atom stereocenters. The Morgan fingerprint density at radius 3 is 1.71 bits per heavy atom. The van der Waals surface area contributed by atoms with E-state index < -0.39 is 41.4 Å². The van der Waals surface area contributed by atoms with Crippen molar-refractivity contribution in [2.24, 2.45) is 0 Å². The largest absolute Gasteiger partial charge is 0.523 e. The van der Waals surface area contributed by atoms with Crippen molar-refractivity contribution in [3.05, 3.63) is 0 Å². The molecule has 0 rings (SSSR count). The number of rotatable bonds is 5. The van der Waals surface area contributed by atoms with Gasteiger partial charge in [0.05, 0.1) is 0 Å². The monoisotopic (exact) mass is 300 g/mol. The zero-order valence-corrected chi connectivity index (χ0v) is 10.6. The zero-order valence-electron chi connectivity index (χ0n) is 8.93. The third-order valence-corrected chi connectivity index (χ3v) is 5.20. The van der Waals surface area contributed by atoms with Crippen molar-refractivity contribution >= 4 is 17.7 Å². The van der Waals surface area contributed by atoms with E-state index in [9.17, 15) is 26.2 Å². The van der Waals surface area contributed by atoms with Gasteiger partial charge in [0.25, 0.3) is 0 Å². The van der Waals surface area contributed by atoms with E-state index in [1.54, 1.807) is 0 Å². The minimum absolute atomic E-state index is 0.580. The molecule has 0 saturated heterocycles. The molecule has 0 radical (unpaired) electrons. The minimum Gasteiger partial charge on any atom is -0.322 e. The van der Waals surface area contributed by atoms with Crippen LogP contribution in [0.4, 0.5) is 13.2 Å². The zero-order chi connectivity index (χ0) is 14.1. The second-order valence-corrected chi connectivity index (χ2v) is 6.62. The first-order valence-electron chi connectivity index (χ1n) is 4.40. The predicted octanol–water partition coefficient (Wildman–Crippen LogP) is 1.55. The molecule has 2 N–H and O–H groups in total. The highest BCUT2D eigenvalue weighted by Crippen LogP contribution is 2.56. The molecule has 0 heterocycles. The lowest BCUT2D eigenvalue weighted by atomic mass is 10.2. The molecule has 17 heavy (non-hydrogen) atoms. The van der Waals surface area contributed by atoms with E-state index in [0.717, 1.165) is 13.8 Å². The van der Waals surface area contributed by atoms with Crippen LogP contribution in [0.25, 0.3) is 0 Å². The number of hydrogen-bond donors (Lipinski definition) is 2. The van der Waals surface area contributed by atoms with Crippen molar-refractivity contribution in [1.82, 2.24) is 0 Å². The second kappa shape index (κ2) is 4.85. The Morgan fingerprint density at radius 1 is 1.18 bits per heavy atom. The quantitative estimate of drug-likeness (QED) is 0.454. The fraction of sp³-hybridized carbons (Fsp3) is 1.00. The van der Waals surface area contributed by atoms with Gasteiger partial charge in [-0.3, -0.25) is 4.57 Å². The lowest BCUT2D eigenvalue weighted by molar-refractivity contribution is -0.0610. The van der Waals surface area contributed by atoms with Gasteiger partial charge in [-0.05, 0) is 12.8 Å². The molecular formula is C6H12F3O6PS. The molecule has 0 amide bonds. The molecule has 0 aliphatic carbocycles. The molecule has 0 aromatic heterocycles. The first-order valence-corrected chi connectivity index (χ1v) is 7.42. The smallest absolute Gasteiger partial charge is 0.322 e. The Kier molecular flexibility index (Phi) is 4.81. The van der Waals surface area contributed by atoms with E-state index in [0.29, 0.717) is 0 Å². The van der Waals surface area contributed by atoms with Crippen molar-refractivity contribution in [2.75, 3.05) is 0 Å². The van der Waals surface area contributed by atoms with Crippen LogP contribution in [-0.4, -0.2) is 29.1 Å². The molecule has 0 fully saturated rings. The highest BCUT2D eigenvalue weighted by atomic mass is 32.2. The molecule has 0 bridgehead atoms. The van der Waals surface area contributed by atoms with Gasteiger partial charge >= 0.3 is 23.2 Å². The average molecular weight is 300 g/mol. The summed E-state index contributed by atoms with van der Waals surface area (Å²) < 4.78 is 72.5. The van der Waals surface area contributed by atoms with E-state index in [1.165, 1.54) is 0 Å². The Hall–Kier alpha value is -0.150. The standard InChI is InChI=1S/C6H12F3O6PS/c1-3-5(4-2,16(10,11)12)15-17(13,14)6(7,8)9/h3-4H2,1-2H3,(H2,10,11,12). The van der Waals surface area contributed by atoms with Crippen LogP contribution in [0, 0.1) is 0 Å². The SMILES string of the molecule is CCC(CC)(OS(=O)(=O)C(F)(F)F)P(=O)(O)O. The minimum atomic E-state index is -6.05. The van der Waals surface area contributed by atoms with E-state index >= 15 is 0 Å². The van der Waals surface area contributed by atoms with Crippen LogP contribution in [0.2, 0.25) is 0 Å². The Labute approximate surface area is 96.1 Å². The summed E-state index contributed by atoms with van der Waals surface area (Å²) in [7, 11) is -11.2. The highest BCUT2D eigenvalue weighted by molar-refractivity contribution is 7.87. The maximum atomic E-state index is 12.1. The molecule has 0 aliphatic heterocycles. The van der Waals surface area contributed by atoms with Gasteiger partial charge in [-0.2, -0.15) is 21.6 Å². The maximum Gasteiger partial charge on any atom is 0.523 e. The lowest BCUT2D eigenvalue weighted by Gasteiger charge is -2.31. The van der Waals surface area contributed by atoms with E-state index in [2.05, 4.69) is 4.18 Å². The molecule has 104 valence electrons. The van der Waals surface area contributed by atoms with Crippen LogP contribution in [0.3, 0.4) is 0 Å². The first-order chi connectivity index (χ1) is 7.33. The fourth-order valence-electron chi connectivity index (χ4n) is 1.08. The molecule has 0 saturated carbocycles. The van der Waals surface area contributed by atoms with Crippen molar-refractivity contribution in [2.45, 2.75) is 37.5 Å². The third kappa shape index (κ3) is 3.41. The molecule has 0 aromatic carbocycles. The van der Waals surface area contributed by atoms with Crippen molar-refractivity contribution in [1.29, 1.82) is 0 Å². The van der Waals surface area contributed by atoms with Crippen molar-refractivity contribution in [3.63, 3.8) is 0 Å². The van der Waals surface area contributed by atoms with Gasteiger partial charge in [-0.25, -0.2) is 4.18 Å². The van der Waals surface area contributed by atoms with Crippen LogP contribution < -0.4 is 0 Å². The summed E-state index contributed by atoms with van der Waals surface area (Å²) >= 11 is 0. The normalized spacial score (nSPS) is 15.0. The van der Waals surface area contributed by atoms with Gasteiger partial charge < -0.3 is 9.79 Å². The summed E-state index contributed by atoms with van der Waals surface area (Å²) in [6.07, 6.45) is -1.16. The summed E-state index contributed by atoms with van der Waals surface area (Å²) in [5.41, 5.74) is -5.72. The van der Waals surface area contributed by atoms with Crippen LogP contribution >= 0.6 is 7.60 Å². The van der Waals surface area contributed by atoms with Gasteiger partial charge in [0.1, 0.15) is 0 Å². The van der Waals surface area contributed by atoms with E-state index in [-0.39, 0.29) is 0 Å². The molecule has 11 heteroatoms. The third-order valence-electron chi connectivity index (χ3n) is 2.18. The van der Waals surface area contributed by atoms with Crippen LogP contribution in [-0.2, 0) is 18.9 Å². The van der Waals surface area contributed by atoms with E-state index in [4.69, 9.17) is 9.79 Å². The average Bonchev–Trinajstić information content (AvgIpc) is 2.10. The second-order valence-electron chi connectivity index (χ2n) is 3.18. The Morgan fingerprint density at radius 2 is 1.53 bits per heavy atom. The van der Waals surface area contributed by atoms with Gasteiger partial charge in [-0.1, -0.05) is 13.8 Å². The maximum absolute atomic E-state index is 12.1. The number of halogens is 3. The summed E-state index contributed by atoms with van der Waals surface area (Å²) in [4.78, 5) is 17.8. The molecule has 0 aromatic rings. The summed E-state index contributed by atoms with van der Waals surface area (Å²) in [6, 6.07) is 0. The molecule has 0 spiro atoms. The lowest BCUT2D eigenvalue weighted by Crippen LogP contribution is -2.38. The first kappa shape index (κ1) is 16.9. The Bertz CT molecular complexity index is 406. The van der Waals surface area contributed by atoms with Crippen LogP contribution in [0.1, 0.15) is 26.7 Å². The van der Waals surface area contributed by atoms with Crippen LogP contribution in [0.5, 0.6) is 0 Å². The van der Waals surface area contributed by atoms with Crippen molar-refractivity contribution in [3.8, 4) is 0 Å². The van der Waals surface area contributed by atoms with Gasteiger partial charge in [0, 0.05) is 0 Å². The van der Waals surface area contributed by atoms with Gasteiger partial charge in [0.15, 0.2) is 5.34 Å². The molecule has 6 nitrogen and oxygen atoms in total. The van der Waals surface area contributed by atoms with Gasteiger partial charge in [-0.15, -0.1) is 0 Å². The molecular weight excluding hydrogens is 288 g/mol. The van der Waals surface area contributed by atoms with E-state index in [1.807, 2.05) is 0 Å². The molecule has 0 atom stereocenters. The predicted molar refractivity (Wildman–Crippen MR) is 51.4 cm³/mol. The van der Waals surface area contributed by atoms with Crippen molar-refractivity contribution < 1.29 is 40.1 Å². The summed E-state index contributed by atoms with van der Waals surface area (Å²) in [6.45, 7) is 2.24. The van der Waals surface area contributed by atoms with Gasteiger partial charge in [0.2, 0.25) is 0 Å². The highest BCUT2D eigenvalue weighted by Gasteiger charge is 2.56. The number of hydrogen-bond acceptors (Lipinski definition) is 4. The topological polar surface area (TPSA) is 101 Å². The summed E-state index contributed by atoms with van der Waals surface area (Å²) in [5.74, 6) is 0. The van der Waals surface area contributed by atoms with Crippen LogP contribution in [0.15, 0.2) is 0 Å². The Balaban J connectivity index is 5.54. The summed E-state index contributed by atoms with van der Waals surface area (Å²) in [5, 5.41) is -2.68. The molecule has 0 aliphatic rings. The fourth-order valence-corrected chi connectivity index (χ4v) is 3.33.